The van der Waals surface area contributed by atoms with Crippen LogP contribution in [0.5, 0.6) is 5.88 Å². The van der Waals surface area contributed by atoms with Gasteiger partial charge in [-0.1, -0.05) is 28.1 Å². The number of carbonyl (C=O) groups excluding carboxylic acids is 1. The third-order valence-corrected chi connectivity index (χ3v) is 2.96. The summed E-state index contributed by atoms with van der Waals surface area (Å²) in [5, 5.41) is 0. The van der Waals surface area contributed by atoms with E-state index in [1.54, 1.807) is 0 Å². The maximum Gasteiger partial charge on any atom is 0.254 e. The molecule has 0 fully saturated rings. The number of hydrogen-bond donors (Lipinski definition) is 2. The number of nitrogens with zero attached hydrogens (tertiary/aromatic N) is 1. The molecule has 0 aliphatic carbocycles. The fourth-order valence-corrected chi connectivity index (χ4v) is 1.76. The molecule has 0 radical (unpaired) electrons. The molecule has 0 aliphatic rings. The summed E-state index contributed by atoms with van der Waals surface area (Å²) in [6.45, 7) is 0.296. The highest BCUT2D eigenvalue weighted by Gasteiger charge is 2.11. The number of anilines is 1. The maximum atomic E-state index is 11.3. The lowest BCUT2D eigenvalue weighted by atomic mass is 10.2. The zero-order valence-electron chi connectivity index (χ0n) is 9.97. The van der Waals surface area contributed by atoms with Gasteiger partial charge in [-0.15, -0.1) is 0 Å². The largest absolute Gasteiger partial charge is 0.472 e. The van der Waals surface area contributed by atoms with Crippen LogP contribution in [0.25, 0.3) is 0 Å². The molecule has 0 unspecified atom stereocenters. The Morgan fingerprint density at radius 1 is 1.32 bits per heavy atom. The Kier molecular flexibility index (Phi) is 4.01. The first kappa shape index (κ1) is 13.4. The van der Waals surface area contributed by atoms with E-state index in [9.17, 15) is 4.79 Å². The van der Waals surface area contributed by atoms with E-state index in [0.29, 0.717) is 12.3 Å². The van der Waals surface area contributed by atoms with E-state index in [2.05, 4.69) is 20.9 Å². The molecule has 6 heteroatoms. The minimum atomic E-state index is -0.620. The summed E-state index contributed by atoms with van der Waals surface area (Å²) in [7, 11) is 0. The van der Waals surface area contributed by atoms with Crippen LogP contribution in [-0.2, 0) is 6.61 Å². The normalized spacial score (nSPS) is 10.2. The smallest absolute Gasteiger partial charge is 0.254 e. The van der Waals surface area contributed by atoms with Gasteiger partial charge >= 0.3 is 0 Å². The number of carbonyl (C=O) groups is 1. The Labute approximate surface area is 118 Å². The van der Waals surface area contributed by atoms with E-state index < -0.39 is 5.91 Å². The average Bonchev–Trinajstić information content (AvgIpc) is 2.39. The lowest BCUT2D eigenvalue weighted by Gasteiger charge is -2.09. The highest BCUT2D eigenvalue weighted by Crippen LogP contribution is 2.19. The molecule has 5 nitrogen and oxygen atoms in total. The fraction of sp³-hybridized carbons (Fsp3) is 0.0769. The molecule has 1 aromatic heterocycles. The van der Waals surface area contributed by atoms with Crippen LogP contribution in [0.2, 0.25) is 0 Å². The maximum absolute atomic E-state index is 11.3. The molecule has 0 atom stereocenters. The molecule has 2 rings (SSSR count). The van der Waals surface area contributed by atoms with Crippen molar-refractivity contribution < 1.29 is 9.53 Å². The van der Waals surface area contributed by atoms with Gasteiger partial charge in [0, 0.05) is 4.47 Å². The number of halogens is 1. The summed E-state index contributed by atoms with van der Waals surface area (Å²) in [6.07, 6.45) is 1.42. The predicted octanol–water partition coefficient (Wildman–Crippen LogP) is 2.10. The molecular formula is C13H12BrN3O2. The predicted molar refractivity (Wildman–Crippen MR) is 75.6 cm³/mol. The topological polar surface area (TPSA) is 91.2 Å². The molecule has 98 valence electrons. The van der Waals surface area contributed by atoms with Crippen LogP contribution in [0, 0.1) is 0 Å². The van der Waals surface area contributed by atoms with Gasteiger partial charge in [0.1, 0.15) is 12.2 Å². The van der Waals surface area contributed by atoms with Crippen LogP contribution in [0.1, 0.15) is 15.9 Å². The van der Waals surface area contributed by atoms with Gasteiger partial charge in [-0.3, -0.25) is 4.79 Å². The van der Waals surface area contributed by atoms with Crippen molar-refractivity contribution in [3.8, 4) is 5.88 Å². The van der Waals surface area contributed by atoms with Gasteiger partial charge in [0.05, 0.1) is 11.9 Å². The van der Waals surface area contributed by atoms with Crippen molar-refractivity contribution in [2.24, 2.45) is 5.73 Å². The minimum Gasteiger partial charge on any atom is -0.472 e. The van der Waals surface area contributed by atoms with Crippen molar-refractivity contribution in [1.82, 2.24) is 4.98 Å². The van der Waals surface area contributed by atoms with Gasteiger partial charge in [0.2, 0.25) is 5.88 Å². The van der Waals surface area contributed by atoms with Crippen molar-refractivity contribution >= 4 is 27.5 Å². The van der Waals surface area contributed by atoms with Gasteiger partial charge in [-0.25, -0.2) is 4.98 Å². The molecule has 1 aromatic carbocycles. The monoisotopic (exact) mass is 321 g/mol. The summed E-state index contributed by atoms with van der Waals surface area (Å²) < 4.78 is 6.48. The van der Waals surface area contributed by atoms with Crippen LogP contribution >= 0.6 is 15.9 Å². The van der Waals surface area contributed by atoms with E-state index in [1.807, 2.05) is 24.3 Å². The number of aromatic nitrogens is 1. The average molecular weight is 322 g/mol. The fourth-order valence-electron chi connectivity index (χ4n) is 1.49. The lowest BCUT2D eigenvalue weighted by Crippen LogP contribution is -2.14. The summed E-state index contributed by atoms with van der Waals surface area (Å²) in [5.41, 5.74) is 12.3. The Morgan fingerprint density at radius 2 is 2.00 bits per heavy atom. The summed E-state index contributed by atoms with van der Waals surface area (Å²) in [6, 6.07) is 9.08. The first-order valence-electron chi connectivity index (χ1n) is 5.49. The second kappa shape index (κ2) is 5.71. The van der Waals surface area contributed by atoms with Crippen molar-refractivity contribution in [3.63, 3.8) is 0 Å². The number of nitrogen functional groups attached to an aromatic ring is 1. The number of hydrogen-bond acceptors (Lipinski definition) is 4. The molecule has 1 heterocycles. The van der Waals surface area contributed by atoms with Crippen LogP contribution in [-0.4, -0.2) is 10.9 Å². The van der Waals surface area contributed by atoms with Crippen LogP contribution < -0.4 is 16.2 Å². The summed E-state index contributed by atoms with van der Waals surface area (Å²) >= 11 is 3.35. The number of nitrogens with two attached hydrogens (primary N) is 2. The molecule has 0 saturated heterocycles. The van der Waals surface area contributed by atoms with Crippen LogP contribution in [0.3, 0.4) is 0 Å². The first-order valence-corrected chi connectivity index (χ1v) is 6.28. The number of primary amides is 1. The van der Waals surface area contributed by atoms with Crippen molar-refractivity contribution in [3.05, 3.63) is 52.1 Å². The number of rotatable bonds is 4. The molecule has 0 bridgehead atoms. The highest BCUT2D eigenvalue weighted by atomic mass is 79.9. The number of pyridine rings is 1. The third-order valence-electron chi connectivity index (χ3n) is 2.43. The molecule has 4 N–H and O–H groups in total. The zero-order chi connectivity index (χ0) is 13.8. The third kappa shape index (κ3) is 3.45. The van der Waals surface area contributed by atoms with Crippen molar-refractivity contribution in [2.45, 2.75) is 6.61 Å². The van der Waals surface area contributed by atoms with Gasteiger partial charge in [-0.05, 0) is 23.8 Å². The Balaban J connectivity index is 2.15. The van der Waals surface area contributed by atoms with Gasteiger partial charge in [-0.2, -0.15) is 0 Å². The zero-order valence-corrected chi connectivity index (χ0v) is 11.6. The van der Waals surface area contributed by atoms with Gasteiger partial charge < -0.3 is 16.2 Å². The minimum absolute atomic E-state index is 0.178. The highest BCUT2D eigenvalue weighted by molar-refractivity contribution is 9.10. The molecule has 1 amide bonds. The molecule has 2 aromatic rings. The van der Waals surface area contributed by atoms with E-state index in [0.717, 1.165) is 10.0 Å². The summed E-state index contributed by atoms with van der Waals surface area (Å²) in [4.78, 5) is 15.2. The first-order chi connectivity index (χ1) is 9.06. The van der Waals surface area contributed by atoms with E-state index >= 15 is 0 Å². The van der Waals surface area contributed by atoms with E-state index in [4.69, 9.17) is 16.2 Å². The second-order valence-electron chi connectivity index (χ2n) is 3.90. The van der Waals surface area contributed by atoms with Crippen LogP contribution in [0.4, 0.5) is 5.69 Å². The Hall–Kier alpha value is -2.08. The SMILES string of the molecule is NC(=O)c1cc(N)cnc1OCc1ccc(Br)cc1. The van der Waals surface area contributed by atoms with Crippen molar-refractivity contribution in [1.29, 1.82) is 0 Å². The van der Waals surface area contributed by atoms with Gasteiger partial charge in [0.15, 0.2) is 0 Å². The van der Waals surface area contributed by atoms with Crippen molar-refractivity contribution in [2.75, 3.05) is 5.73 Å². The molecule has 0 aliphatic heterocycles. The molecule has 19 heavy (non-hydrogen) atoms. The quantitative estimate of drug-likeness (QED) is 0.902. The Morgan fingerprint density at radius 3 is 2.63 bits per heavy atom. The molecule has 0 spiro atoms. The number of benzene rings is 1. The lowest BCUT2D eigenvalue weighted by molar-refractivity contribution is 0.0995. The standard InChI is InChI=1S/C13H12BrN3O2/c14-9-3-1-8(2-4-9)7-19-13-11(12(16)18)5-10(15)6-17-13/h1-6H,7,15H2,(H2,16,18). The van der Waals surface area contributed by atoms with E-state index in [-0.39, 0.29) is 11.4 Å². The van der Waals surface area contributed by atoms with Gasteiger partial charge in [0.25, 0.3) is 5.91 Å². The Bertz CT molecular complexity index is 599. The molecular weight excluding hydrogens is 310 g/mol. The molecule has 0 saturated carbocycles. The van der Waals surface area contributed by atoms with E-state index in [1.165, 1.54) is 12.3 Å². The number of amides is 1. The summed E-state index contributed by atoms with van der Waals surface area (Å²) in [5.74, 6) is -0.435. The number of ether oxygens (including phenoxy) is 1. The van der Waals surface area contributed by atoms with Crippen LogP contribution in [0.15, 0.2) is 41.0 Å². The second-order valence-corrected chi connectivity index (χ2v) is 4.82.